The van der Waals surface area contributed by atoms with E-state index in [4.69, 9.17) is 10.5 Å². The fourth-order valence-corrected chi connectivity index (χ4v) is 2.34. The van der Waals surface area contributed by atoms with Crippen LogP contribution >= 0.6 is 11.3 Å². The molecular formula is C11H13N3OS. The molecule has 2 rings (SSSR count). The first-order valence-electron chi connectivity index (χ1n) is 4.86. The van der Waals surface area contributed by atoms with Gasteiger partial charge in [-0.25, -0.2) is 0 Å². The molecule has 1 heterocycles. The number of aromatic nitrogens is 2. The van der Waals surface area contributed by atoms with Gasteiger partial charge in [0.2, 0.25) is 5.13 Å². The molecule has 0 bridgehead atoms. The van der Waals surface area contributed by atoms with Gasteiger partial charge in [-0.3, -0.25) is 0 Å². The van der Waals surface area contributed by atoms with E-state index in [9.17, 15) is 0 Å². The summed E-state index contributed by atoms with van der Waals surface area (Å²) in [6.45, 7) is 4.03. The first-order valence-corrected chi connectivity index (χ1v) is 5.68. The molecular weight excluding hydrogens is 222 g/mol. The molecule has 0 unspecified atom stereocenters. The summed E-state index contributed by atoms with van der Waals surface area (Å²) >= 11 is 1.39. The van der Waals surface area contributed by atoms with Gasteiger partial charge in [0, 0.05) is 5.56 Å². The summed E-state index contributed by atoms with van der Waals surface area (Å²) in [5.41, 5.74) is 8.78. The van der Waals surface area contributed by atoms with Gasteiger partial charge < -0.3 is 10.5 Å². The van der Waals surface area contributed by atoms with Gasteiger partial charge in [0.25, 0.3) is 0 Å². The smallest absolute Gasteiger partial charge is 0.203 e. The van der Waals surface area contributed by atoms with Crippen LogP contribution in [0.25, 0.3) is 10.6 Å². The van der Waals surface area contributed by atoms with Crippen molar-refractivity contribution in [3.05, 3.63) is 23.3 Å². The van der Waals surface area contributed by atoms with Crippen LogP contribution in [0.2, 0.25) is 0 Å². The van der Waals surface area contributed by atoms with Crippen LogP contribution in [0.3, 0.4) is 0 Å². The third-order valence-corrected chi connectivity index (χ3v) is 3.15. The fraction of sp³-hybridized carbons (Fsp3) is 0.273. The Hall–Kier alpha value is -1.62. The maximum atomic E-state index is 5.57. The normalized spacial score (nSPS) is 10.4. The molecule has 1 aromatic carbocycles. The summed E-state index contributed by atoms with van der Waals surface area (Å²) in [7, 11) is 1.68. The molecule has 0 aliphatic carbocycles. The number of hydrogen-bond acceptors (Lipinski definition) is 5. The minimum absolute atomic E-state index is 0.487. The molecule has 16 heavy (non-hydrogen) atoms. The van der Waals surface area contributed by atoms with Crippen LogP contribution in [-0.4, -0.2) is 17.3 Å². The second-order valence-corrected chi connectivity index (χ2v) is 4.60. The van der Waals surface area contributed by atoms with Gasteiger partial charge >= 0.3 is 0 Å². The highest BCUT2D eigenvalue weighted by molar-refractivity contribution is 7.18. The Morgan fingerprint density at radius 2 is 1.81 bits per heavy atom. The first-order chi connectivity index (χ1) is 7.61. The highest BCUT2D eigenvalue weighted by Gasteiger charge is 2.09. The van der Waals surface area contributed by atoms with Crippen molar-refractivity contribution in [2.75, 3.05) is 12.8 Å². The maximum absolute atomic E-state index is 5.57. The molecule has 0 aliphatic heterocycles. The third kappa shape index (κ3) is 1.86. The molecule has 0 saturated carbocycles. The lowest BCUT2D eigenvalue weighted by Crippen LogP contribution is -1.92. The van der Waals surface area contributed by atoms with Crippen molar-refractivity contribution in [1.82, 2.24) is 10.2 Å². The largest absolute Gasteiger partial charge is 0.496 e. The maximum Gasteiger partial charge on any atom is 0.203 e. The number of nitrogens with zero attached hydrogens (tertiary/aromatic N) is 2. The lowest BCUT2D eigenvalue weighted by molar-refractivity contribution is 0.408. The van der Waals surface area contributed by atoms with Gasteiger partial charge in [0.05, 0.1) is 7.11 Å². The Bertz CT molecular complexity index is 499. The topological polar surface area (TPSA) is 61.0 Å². The molecule has 0 spiro atoms. The highest BCUT2D eigenvalue weighted by atomic mass is 32.1. The molecule has 0 saturated heterocycles. The zero-order chi connectivity index (χ0) is 11.7. The number of ether oxygens (including phenoxy) is 1. The van der Waals surface area contributed by atoms with Crippen LogP contribution in [0, 0.1) is 13.8 Å². The van der Waals surface area contributed by atoms with E-state index in [0.29, 0.717) is 5.13 Å². The number of nitrogen functional groups attached to an aromatic ring is 1. The molecule has 2 N–H and O–H groups in total. The van der Waals surface area contributed by atoms with E-state index < -0.39 is 0 Å². The number of nitrogens with two attached hydrogens (primary N) is 1. The summed E-state index contributed by atoms with van der Waals surface area (Å²) in [6, 6.07) is 4.07. The zero-order valence-electron chi connectivity index (χ0n) is 9.44. The molecule has 0 radical (unpaired) electrons. The monoisotopic (exact) mass is 235 g/mol. The van der Waals surface area contributed by atoms with Crippen LogP contribution in [0.5, 0.6) is 5.75 Å². The molecule has 0 amide bonds. The Balaban J connectivity index is 2.52. The summed E-state index contributed by atoms with van der Waals surface area (Å²) in [6.07, 6.45) is 0. The van der Waals surface area contributed by atoms with E-state index in [1.165, 1.54) is 11.3 Å². The van der Waals surface area contributed by atoms with Crippen molar-refractivity contribution < 1.29 is 4.74 Å². The third-order valence-electron chi connectivity index (χ3n) is 2.35. The molecule has 4 nitrogen and oxygen atoms in total. The first kappa shape index (κ1) is 10.9. The summed E-state index contributed by atoms with van der Waals surface area (Å²) < 4.78 is 5.31. The molecule has 1 aromatic heterocycles. The van der Waals surface area contributed by atoms with Crippen molar-refractivity contribution in [3.63, 3.8) is 0 Å². The van der Waals surface area contributed by atoms with E-state index in [1.54, 1.807) is 7.11 Å². The van der Waals surface area contributed by atoms with Crippen LogP contribution in [-0.2, 0) is 0 Å². The predicted molar refractivity (Wildman–Crippen MR) is 65.8 cm³/mol. The molecule has 0 atom stereocenters. The minimum atomic E-state index is 0.487. The van der Waals surface area contributed by atoms with Gasteiger partial charge in [-0.15, -0.1) is 10.2 Å². The summed E-state index contributed by atoms with van der Waals surface area (Å²) in [4.78, 5) is 0. The van der Waals surface area contributed by atoms with E-state index in [-0.39, 0.29) is 0 Å². The second kappa shape index (κ2) is 4.09. The average molecular weight is 235 g/mol. The SMILES string of the molecule is COc1c(C)cc(-c2nnc(N)s2)cc1C. The summed E-state index contributed by atoms with van der Waals surface area (Å²) in [5, 5.41) is 9.16. The lowest BCUT2D eigenvalue weighted by Gasteiger charge is -2.09. The predicted octanol–water partition coefficient (Wildman–Crippen LogP) is 2.41. The second-order valence-electron chi connectivity index (χ2n) is 3.59. The Kier molecular flexibility index (Phi) is 2.78. The van der Waals surface area contributed by atoms with Gasteiger partial charge in [-0.2, -0.15) is 0 Å². The number of benzene rings is 1. The van der Waals surface area contributed by atoms with Gasteiger partial charge in [0.15, 0.2) is 0 Å². The van der Waals surface area contributed by atoms with Crippen LogP contribution in [0.15, 0.2) is 12.1 Å². The number of aryl methyl sites for hydroxylation is 2. The lowest BCUT2D eigenvalue weighted by atomic mass is 10.1. The van der Waals surface area contributed by atoms with E-state index in [2.05, 4.69) is 10.2 Å². The van der Waals surface area contributed by atoms with Crippen molar-refractivity contribution in [2.45, 2.75) is 13.8 Å². The Morgan fingerprint density at radius 3 is 2.25 bits per heavy atom. The number of hydrogen-bond donors (Lipinski definition) is 1. The quantitative estimate of drug-likeness (QED) is 0.868. The molecule has 5 heteroatoms. The Morgan fingerprint density at radius 1 is 1.19 bits per heavy atom. The molecule has 2 aromatic rings. The standard InChI is InChI=1S/C11H13N3OS/c1-6-4-8(5-7(2)9(6)15-3)10-13-14-11(12)16-10/h4-5H,1-3H3,(H2,12,14). The number of rotatable bonds is 2. The number of methoxy groups -OCH3 is 1. The van der Waals surface area contributed by atoms with Gasteiger partial charge in [-0.05, 0) is 37.1 Å². The Labute approximate surface area is 98.1 Å². The molecule has 0 aliphatic rings. The van der Waals surface area contributed by atoms with Crippen molar-refractivity contribution in [2.24, 2.45) is 0 Å². The van der Waals surface area contributed by atoms with Crippen molar-refractivity contribution in [3.8, 4) is 16.3 Å². The van der Waals surface area contributed by atoms with E-state index >= 15 is 0 Å². The van der Waals surface area contributed by atoms with Gasteiger partial charge in [0.1, 0.15) is 10.8 Å². The number of anilines is 1. The fourth-order valence-electron chi connectivity index (χ4n) is 1.75. The zero-order valence-corrected chi connectivity index (χ0v) is 10.3. The van der Waals surface area contributed by atoms with Gasteiger partial charge in [-0.1, -0.05) is 11.3 Å². The van der Waals surface area contributed by atoms with Crippen LogP contribution in [0.1, 0.15) is 11.1 Å². The van der Waals surface area contributed by atoms with Crippen LogP contribution in [0.4, 0.5) is 5.13 Å². The van der Waals surface area contributed by atoms with E-state index in [1.807, 2.05) is 26.0 Å². The van der Waals surface area contributed by atoms with Crippen LogP contribution < -0.4 is 10.5 Å². The molecule has 84 valence electrons. The van der Waals surface area contributed by atoms with Crippen molar-refractivity contribution >= 4 is 16.5 Å². The minimum Gasteiger partial charge on any atom is -0.496 e. The van der Waals surface area contributed by atoms with E-state index in [0.717, 1.165) is 27.4 Å². The highest BCUT2D eigenvalue weighted by Crippen LogP contribution is 2.31. The molecule has 0 fully saturated rings. The summed E-state index contributed by atoms with van der Waals surface area (Å²) in [5.74, 6) is 0.918. The van der Waals surface area contributed by atoms with Crippen molar-refractivity contribution in [1.29, 1.82) is 0 Å². The average Bonchev–Trinajstić information content (AvgIpc) is 2.64.